The number of hydrogen-bond acceptors (Lipinski definition) is 7. The minimum atomic E-state index is -1.11. The molecular formula is C22H21N7OS2. The Hall–Kier alpha value is -3.11. The molecule has 1 fully saturated rings. The minimum absolute atomic E-state index is 0.196. The molecule has 5 aromatic rings. The molecule has 1 saturated carbocycles. The van der Waals surface area contributed by atoms with E-state index in [0.29, 0.717) is 11.5 Å². The normalized spacial score (nSPS) is 15.4. The van der Waals surface area contributed by atoms with Gasteiger partial charge in [-0.1, -0.05) is 6.42 Å². The fourth-order valence-corrected chi connectivity index (χ4v) is 7.37. The summed E-state index contributed by atoms with van der Waals surface area (Å²) in [6.07, 6.45) is 12.4. The zero-order valence-corrected chi connectivity index (χ0v) is 19.3. The number of nitrogens with zero attached hydrogens (tertiary/aromatic N) is 6. The number of aromatic nitrogens is 6. The second kappa shape index (κ2) is 7.21. The lowest BCUT2D eigenvalue weighted by Crippen LogP contribution is -2.23. The predicted octanol–water partition coefficient (Wildman–Crippen LogP) is 3.96. The first-order valence-corrected chi connectivity index (χ1v) is 12.5. The highest BCUT2D eigenvalue weighted by Gasteiger charge is 2.30. The van der Waals surface area contributed by atoms with E-state index in [1.807, 2.05) is 43.0 Å². The average molecular weight is 464 g/mol. The number of fused-ring (bicyclic) bond motifs is 2. The maximum Gasteiger partial charge on any atom is 0.233 e. The number of hydrogen-bond donors (Lipinski definition) is 1. The van der Waals surface area contributed by atoms with E-state index >= 15 is 0 Å². The Labute approximate surface area is 190 Å². The molecule has 8 nitrogen and oxygen atoms in total. The number of rotatable bonds is 4. The Morgan fingerprint density at radius 2 is 2.06 bits per heavy atom. The molecule has 162 valence electrons. The number of anilines is 1. The van der Waals surface area contributed by atoms with Gasteiger partial charge in [-0.2, -0.15) is 5.10 Å². The van der Waals surface area contributed by atoms with Gasteiger partial charge < -0.3 is 5.73 Å². The van der Waals surface area contributed by atoms with Crippen molar-refractivity contribution >= 4 is 43.8 Å². The lowest BCUT2D eigenvalue weighted by Gasteiger charge is -2.23. The summed E-state index contributed by atoms with van der Waals surface area (Å²) >= 11 is 1.44. The third kappa shape index (κ3) is 2.97. The van der Waals surface area contributed by atoms with Gasteiger partial charge in [0.05, 0.1) is 27.9 Å². The number of pyridine rings is 1. The monoisotopic (exact) mass is 463 g/mol. The molecule has 0 unspecified atom stereocenters. The van der Waals surface area contributed by atoms with Crippen LogP contribution in [0.25, 0.3) is 38.4 Å². The number of thiophene rings is 1. The molecule has 1 aliphatic carbocycles. The van der Waals surface area contributed by atoms with Crippen LogP contribution < -0.4 is 5.73 Å². The lowest BCUT2D eigenvalue weighted by atomic mass is 10.00. The van der Waals surface area contributed by atoms with Crippen molar-refractivity contribution in [2.45, 2.75) is 35.6 Å². The lowest BCUT2D eigenvalue weighted by molar-refractivity contribution is 0.505. The predicted molar refractivity (Wildman–Crippen MR) is 127 cm³/mol. The zero-order chi connectivity index (χ0) is 22.0. The molecule has 1 aliphatic rings. The molecule has 0 aromatic carbocycles. The summed E-state index contributed by atoms with van der Waals surface area (Å²) in [5, 5.41) is 5.58. The van der Waals surface area contributed by atoms with Crippen LogP contribution in [0.4, 0.5) is 5.69 Å². The smallest absolute Gasteiger partial charge is 0.233 e. The molecular weight excluding hydrogens is 442 g/mol. The number of nitrogens with two attached hydrogens (primary N) is 1. The molecule has 5 heterocycles. The van der Waals surface area contributed by atoms with E-state index in [0.717, 1.165) is 61.8 Å². The van der Waals surface area contributed by atoms with E-state index in [9.17, 15) is 4.21 Å². The van der Waals surface area contributed by atoms with E-state index < -0.39 is 10.8 Å². The SMILES string of the molecule is Cc1nn(C)cc1-c1cc(-c2cnc3nccn3c2)nc2sc([S@](=O)C3CCC3)c(N)c12. The van der Waals surface area contributed by atoms with Crippen LogP contribution in [0.5, 0.6) is 0 Å². The highest BCUT2D eigenvalue weighted by molar-refractivity contribution is 7.88. The maximum absolute atomic E-state index is 13.2. The molecule has 0 aliphatic heterocycles. The van der Waals surface area contributed by atoms with Gasteiger partial charge in [-0.25, -0.2) is 15.0 Å². The van der Waals surface area contributed by atoms with E-state index in [4.69, 9.17) is 10.7 Å². The van der Waals surface area contributed by atoms with E-state index in [1.165, 1.54) is 11.3 Å². The minimum Gasteiger partial charge on any atom is -0.396 e. The highest BCUT2D eigenvalue weighted by Crippen LogP contribution is 2.45. The molecule has 6 rings (SSSR count). The van der Waals surface area contributed by atoms with Gasteiger partial charge in [0.25, 0.3) is 0 Å². The molecule has 5 aromatic heterocycles. The summed E-state index contributed by atoms with van der Waals surface area (Å²) in [5.74, 6) is 0.636. The largest absolute Gasteiger partial charge is 0.396 e. The van der Waals surface area contributed by atoms with E-state index in [1.54, 1.807) is 17.1 Å². The van der Waals surface area contributed by atoms with Crippen molar-refractivity contribution in [2.75, 3.05) is 5.73 Å². The van der Waals surface area contributed by atoms with Crippen LogP contribution in [-0.4, -0.2) is 38.6 Å². The molecule has 0 amide bonds. The second-order valence-electron chi connectivity index (χ2n) is 8.17. The Kier molecular flexibility index (Phi) is 4.41. The van der Waals surface area contributed by atoms with Gasteiger partial charge in [0.15, 0.2) is 0 Å². The number of imidazole rings is 1. The van der Waals surface area contributed by atoms with Crippen LogP contribution in [0.2, 0.25) is 0 Å². The van der Waals surface area contributed by atoms with Crippen LogP contribution in [0, 0.1) is 6.92 Å². The van der Waals surface area contributed by atoms with Crippen LogP contribution >= 0.6 is 11.3 Å². The van der Waals surface area contributed by atoms with E-state index in [-0.39, 0.29) is 5.25 Å². The summed E-state index contributed by atoms with van der Waals surface area (Å²) in [7, 11) is 0.797. The first-order chi connectivity index (χ1) is 15.5. The van der Waals surface area contributed by atoms with Crippen molar-refractivity contribution in [3.63, 3.8) is 0 Å². The van der Waals surface area contributed by atoms with E-state index in [2.05, 4.69) is 15.1 Å². The van der Waals surface area contributed by atoms with Gasteiger partial charge in [0.2, 0.25) is 5.78 Å². The maximum atomic E-state index is 13.2. The van der Waals surface area contributed by atoms with Gasteiger partial charge in [0, 0.05) is 59.8 Å². The van der Waals surface area contributed by atoms with Crippen LogP contribution in [-0.2, 0) is 17.8 Å². The van der Waals surface area contributed by atoms with Gasteiger partial charge in [0.1, 0.15) is 9.04 Å². The standard InChI is InChI=1S/C22H21N7OS2/c1-12-16(11-28(2)27-12)15-8-17(13-9-25-22-24-6-7-29(22)10-13)26-20-18(15)19(23)21(31-20)32(30)14-4-3-5-14/h6-11,14H,3-5,23H2,1-2H3/t32-/m1/s1. The summed E-state index contributed by atoms with van der Waals surface area (Å²) in [6, 6.07) is 2.03. The quantitative estimate of drug-likeness (QED) is 0.433. The number of aryl methyl sites for hydroxylation is 2. The summed E-state index contributed by atoms with van der Waals surface area (Å²) in [6.45, 7) is 1.98. The second-order valence-corrected chi connectivity index (χ2v) is 11.1. The Morgan fingerprint density at radius 1 is 1.22 bits per heavy atom. The van der Waals surface area contributed by atoms with Gasteiger partial charge in [-0.15, -0.1) is 11.3 Å². The summed E-state index contributed by atoms with van der Waals surface area (Å²) in [4.78, 5) is 14.4. The topological polar surface area (TPSA) is 104 Å². The molecule has 10 heteroatoms. The third-order valence-electron chi connectivity index (χ3n) is 6.05. The van der Waals surface area contributed by atoms with Crippen LogP contribution in [0.3, 0.4) is 0 Å². The summed E-state index contributed by atoms with van der Waals surface area (Å²) < 4.78 is 17.6. The van der Waals surface area contributed by atoms with Crippen molar-refractivity contribution in [3.8, 4) is 22.4 Å². The Bertz CT molecular complexity index is 1530. The fourth-order valence-electron chi connectivity index (χ4n) is 4.16. The van der Waals surface area contributed by atoms with Crippen molar-refractivity contribution in [3.05, 3.63) is 42.7 Å². The first kappa shape index (κ1) is 19.6. The average Bonchev–Trinajstić information content (AvgIpc) is 3.42. The molecule has 1 atom stereocenters. The number of nitrogen functional groups attached to an aromatic ring is 1. The molecule has 0 bridgehead atoms. The molecule has 0 spiro atoms. The first-order valence-electron chi connectivity index (χ1n) is 10.4. The van der Waals surface area contributed by atoms with Gasteiger partial charge in [-0.3, -0.25) is 13.3 Å². The molecule has 2 N–H and O–H groups in total. The van der Waals surface area contributed by atoms with Gasteiger partial charge >= 0.3 is 0 Å². The van der Waals surface area contributed by atoms with Crippen molar-refractivity contribution in [1.82, 2.24) is 29.1 Å². The van der Waals surface area contributed by atoms with Crippen molar-refractivity contribution in [1.29, 1.82) is 0 Å². The van der Waals surface area contributed by atoms with Gasteiger partial charge in [-0.05, 0) is 31.4 Å². The zero-order valence-electron chi connectivity index (χ0n) is 17.6. The summed E-state index contributed by atoms with van der Waals surface area (Å²) in [5.41, 5.74) is 11.7. The Balaban J connectivity index is 1.61. The fraction of sp³-hybridized carbons (Fsp3) is 0.273. The third-order valence-corrected chi connectivity index (χ3v) is 9.35. The van der Waals surface area contributed by atoms with Crippen molar-refractivity contribution in [2.24, 2.45) is 7.05 Å². The van der Waals surface area contributed by atoms with Crippen LogP contribution in [0.15, 0.2) is 41.3 Å². The molecule has 0 radical (unpaired) electrons. The van der Waals surface area contributed by atoms with Crippen LogP contribution in [0.1, 0.15) is 25.0 Å². The Morgan fingerprint density at radius 3 is 2.78 bits per heavy atom. The molecule has 0 saturated heterocycles. The van der Waals surface area contributed by atoms with Crippen molar-refractivity contribution < 1.29 is 4.21 Å². The highest BCUT2D eigenvalue weighted by atomic mass is 32.2. The molecule has 32 heavy (non-hydrogen) atoms.